The van der Waals surface area contributed by atoms with Crippen LogP contribution in [-0.2, 0) is 49.5 Å². The molecule has 0 spiro atoms. The van der Waals surface area contributed by atoms with Gasteiger partial charge in [0.1, 0.15) is 0 Å². The van der Waals surface area contributed by atoms with Crippen LogP contribution in [0, 0.1) is 13.8 Å². The van der Waals surface area contributed by atoms with Crippen molar-refractivity contribution in [1.29, 1.82) is 0 Å². The number of hydrogen-bond acceptors (Lipinski definition) is 1. The van der Waals surface area contributed by atoms with Crippen LogP contribution in [0.4, 0.5) is 5.69 Å². The molecule has 2 rings (SSSR count). The van der Waals surface area contributed by atoms with Gasteiger partial charge in [-0.1, -0.05) is 39.0 Å². The number of aryl methyl sites for hydroxylation is 2. The van der Waals surface area contributed by atoms with Crippen LogP contribution >= 0.6 is 0 Å². The van der Waals surface area contributed by atoms with Gasteiger partial charge in [0.15, 0.2) is 12.4 Å². The summed E-state index contributed by atoms with van der Waals surface area (Å²) in [5.74, 6) is -0.00606. The molecule has 0 aliphatic carbocycles. The first-order valence-corrected chi connectivity index (χ1v) is 7.63. The average Bonchev–Trinajstić information content (AvgIpc) is 2.42. The van der Waals surface area contributed by atoms with E-state index in [4.69, 9.17) is 0 Å². The summed E-state index contributed by atoms with van der Waals surface area (Å²) in [5, 5.41) is 3.03. The molecule has 1 aromatic heterocycles. The Morgan fingerprint density at radius 1 is 1.09 bits per heavy atom. The summed E-state index contributed by atoms with van der Waals surface area (Å²) in [5.41, 5.74) is 4.38. The molecule has 0 bridgehead atoms. The third kappa shape index (κ3) is 5.51. The van der Waals surface area contributed by atoms with E-state index in [1.807, 2.05) is 55.1 Å². The van der Waals surface area contributed by atoms with Crippen molar-refractivity contribution in [1.82, 2.24) is 0 Å². The smallest absolute Gasteiger partial charge is 0.290 e. The van der Waals surface area contributed by atoms with Crippen molar-refractivity contribution < 1.29 is 42.1 Å². The Labute approximate surface area is 164 Å². The van der Waals surface area contributed by atoms with Crippen LogP contribution < -0.4 is 9.88 Å². The summed E-state index contributed by atoms with van der Waals surface area (Å²) < 4.78 is 1.93. The number of hydrogen-bond donors (Lipinski definition) is 1. The van der Waals surface area contributed by atoms with Gasteiger partial charge >= 0.3 is 0 Å². The fraction of sp³-hybridized carbons (Fsp3) is 0.368. The first-order chi connectivity index (χ1) is 10.3. The third-order valence-corrected chi connectivity index (χ3v) is 3.80. The quantitative estimate of drug-likeness (QED) is 0.805. The second-order valence-corrected chi connectivity index (χ2v) is 6.83. The van der Waals surface area contributed by atoms with Crippen LogP contribution in [0.2, 0.25) is 0 Å². The molecule has 119 valence electrons. The van der Waals surface area contributed by atoms with Crippen LogP contribution in [-0.4, -0.2) is 5.91 Å². The maximum atomic E-state index is 12.3. The molecular formula is C19H25N2OY+. The molecule has 4 heteroatoms. The molecule has 0 aliphatic rings. The van der Waals surface area contributed by atoms with Crippen LogP contribution in [0.1, 0.15) is 37.5 Å². The number of nitrogens with one attached hydrogen (secondary N) is 1. The largest absolute Gasteiger partial charge is 0.320 e. The zero-order valence-electron chi connectivity index (χ0n) is 14.7. The van der Waals surface area contributed by atoms with Crippen molar-refractivity contribution >= 4 is 11.6 Å². The van der Waals surface area contributed by atoms with Crippen molar-refractivity contribution in [3.8, 4) is 0 Å². The number of carbonyl (C=O) groups is 1. The molecule has 1 N–H and O–H groups in total. The maximum Gasteiger partial charge on any atom is 0.290 e. The molecule has 1 heterocycles. The molecule has 1 aromatic carbocycles. The number of anilines is 1. The van der Waals surface area contributed by atoms with Crippen molar-refractivity contribution in [2.45, 2.75) is 46.6 Å². The van der Waals surface area contributed by atoms with Gasteiger partial charge in [0, 0.05) is 50.0 Å². The van der Waals surface area contributed by atoms with Crippen LogP contribution in [0.25, 0.3) is 0 Å². The van der Waals surface area contributed by atoms with E-state index in [0.29, 0.717) is 6.54 Å². The number of aromatic nitrogens is 1. The predicted molar refractivity (Wildman–Crippen MR) is 89.9 cm³/mol. The van der Waals surface area contributed by atoms with Crippen molar-refractivity contribution in [2.75, 3.05) is 5.32 Å². The third-order valence-electron chi connectivity index (χ3n) is 3.80. The fourth-order valence-electron chi connectivity index (χ4n) is 2.42. The number of carbonyl (C=O) groups excluding carboxylic acids is 1. The first kappa shape index (κ1) is 20.0. The van der Waals surface area contributed by atoms with E-state index in [9.17, 15) is 4.79 Å². The molecule has 0 aliphatic heterocycles. The first-order valence-electron chi connectivity index (χ1n) is 7.63. The van der Waals surface area contributed by atoms with E-state index in [1.54, 1.807) is 0 Å². The summed E-state index contributed by atoms with van der Waals surface area (Å²) in [6, 6.07) is 10.1. The average molecular weight is 386 g/mol. The number of nitrogens with zero attached hydrogens (tertiary/aromatic N) is 1. The van der Waals surface area contributed by atoms with Gasteiger partial charge in [-0.2, -0.15) is 4.57 Å². The Hall–Kier alpha value is -1.06. The Morgan fingerprint density at radius 2 is 1.70 bits per heavy atom. The van der Waals surface area contributed by atoms with E-state index < -0.39 is 0 Å². The van der Waals surface area contributed by atoms with Crippen LogP contribution in [0.3, 0.4) is 0 Å². The summed E-state index contributed by atoms with van der Waals surface area (Å²) in [6.45, 7) is 10.8. The summed E-state index contributed by atoms with van der Waals surface area (Å²) in [7, 11) is 0. The van der Waals surface area contributed by atoms with Crippen LogP contribution in [0.15, 0.2) is 42.7 Å². The predicted octanol–water partition coefficient (Wildman–Crippen LogP) is 3.52. The van der Waals surface area contributed by atoms with Crippen molar-refractivity contribution in [3.63, 3.8) is 0 Å². The van der Waals surface area contributed by atoms with Gasteiger partial charge in [0.25, 0.3) is 5.91 Å². The molecule has 23 heavy (non-hydrogen) atoms. The van der Waals surface area contributed by atoms with Gasteiger partial charge in [-0.05, 0) is 36.5 Å². The van der Waals surface area contributed by atoms with Gasteiger partial charge in [-0.15, -0.1) is 0 Å². The van der Waals surface area contributed by atoms with E-state index in [0.717, 1.165) is 16.8 Å². The number of benzene rings is 1. The second-order valence-electron chi connectivity index (χ2n) is 6.83. The monoisotopic (exact) mass is 386 g/mol. The van der Waals surface area contributed by atoms with E-state index in [2.05, 4.69) is 32.2 Å². The van der Waals surface area contributed by atoms with Gasteiger partial charge in [0.2, 0.25) is 6.54 Å². The molecule has 1 radical (unpaired) electrons. The molecule has 3 nitrogen and oxygen atoms in total. The molecule has 0 saturated carbocycles. The molecule has 0 fully saturated rings. The van der Waals surface area contributed by atoms with Gasteiger partial charge in [-0.25, -0.2) is 0 Å². The summed E-state index contributed by atoms with van der Waals surface area (Å²) >= 11 is 0. The molecule has 0 unspecified atom stereocenters. The molecule has 0 saturated heterocycles. The Kier molecular flexibility index (Phi) is 7.10. The summed E-state index contributed by atoms with van der Waals surface area (Å²) in [6.07, 6.45) is 3.98. The topological polar surface area (TPSA) is 33.0 Å². The zero-order chi connectivity index (χ0) is 16.3. The van der Waals surface area contributed by atoms with Gasteiger partial charge in [0.05, 0.1) is 0 Å². The maximum absolute atomic E-state index is 12.3. The molecule has 2 aromatic rings. The normalized spacial score (nSPS) is 10.8. The standard InChI is InChI=1S/C19H24N2O.Y/c1-14-8-6-9-15(2)18(14)20-17(22)13-21-11-7-10-16(12-21)19(3,4)5;/h6-12H,13H2,1-5H3;/p+1. The summed E-state index contributed by atoms with van der Waals surface area (Å²) in [4.78, 5) is 12.3. The molecular weight excluding hydrogens is 361 g/mol. The number of rotatable bonds is 3. The Morgan fingerprint density at radius 3 is 2.26 bits per heavy atom. The minimum absolute atomic E-state index is 0. The molecule has 0 atom stereocenters. The Bertz CT molecular complexity index is 670. The van der Waals surface area contributed by atoms with E-state index in [1.165, 1.54) is 5.56 Å². The Balaban J connectivity index is 0.00000264. The SMILES string of the molecule is Cc1cccc(C)c1NC(=O)C[n+]1cccc(C(C)(C)C)c1.[Y]. The van der Waals surface area contributed by atoms with Gasteiger partial charge in [-0.3, -0.25) is 4.79 Å². The van der Waals surface area contributed by atoms with Crippen molar-refractivity contribution in [3.05, 3.63) is 59.4 Å². The van der Waals surface area contributed by atoms with E-state index in [-0.39, 0.29) is 44.0 Å². The minimum Gasteiger partial charge on any atom is -0.320 e. The number of para-hydroxylation sites is 1. The minimum atomic E-state index is -0.00606. The number of amides is 1. The van der Waals surface area contributed by atoms with Gasteiger partial charge < -0.3 is 5.32 Å². The number of pyridine rings is 1. The van der Waals surface area contributed by atoms with Crippen molar-refractivity contribution in [2.24, 2.45) is 0 Å². The van der Waals surface area contributed by atoms with E-state index >= 15 is 0 Å². The fourth-order valence-corrected chi connectivity index (χ4v) is 2.42. The second kappa shape index (κ2) is 8.16. The van der Waals surface area contributed by atoms with Crippen LogP contribution in [0.5, 0.6) is 0 Å². The zero-order valence-corrected chi connectivity index (χ0v) is 17.5. The molecule has 1 amide bonds.